The fourth-order valence-electron chi connectivity index (χ4n) is 1.33. The van der Waals surface area contributed by atoms with Gasteiger partial charge in [0.05, 0.1) is 23.9 Å². The molecule has 7 heteroatoms. The van der Waals surface area contributed by atoms with E-state index in [0.29, 0.717) is 11.8 Å². The molecule has 1 unspecified atom stereocenters. The lowest BCUT2D eigenvalue weighted by molar-refractivity contribution is 0.0889. The van der Waals surface area contributed by atoms with Gasteiger partial charge in [0.2, 0.25) is 0 Å². The lowest BCUT2D eigenvalue weighted by Crippen LogP contribution is -2.38. The molecule has 1 rings (SSSR count). The van der Waals surface area contributed by atoms with Crippen LogP contribution >= 0.6 is 23.4 Å². The van der Waals surface area contributed by atoms with Crippen LogP contribution in [0.5, 0.6) is 0 Å². The Hall–Kier alpha value is -0.850. The Morgan fingerprint density at radius 1 is 1.67 bits per heavy atom. The number of nitrogens with one attached hydrogen (secondary N) is 1. The largest absolute Gasteiger partial charge is 0.383 e. The molecule has 0 aliphatic carbocycles. The maximum Gasteiger partial charge on any atom is 0.271 e. The monoisotopic (exact) mass is 289 g/mol. The summed E-state index contributed by atoms with van der Waals surface area (Å²) in [6.07, 6.45) is 4.05. The van der Waals surface area contributed by atoms with Crippen LogP contribution in [0.25, 0.3) is 0 Å². The standard InChI is InChI=1S/C11H16ClN3O2S/c1-4-7(6-17-2)14-10(16)9-8(12)5-13-11(15-9)18-3/h5,7H,4,6H2,1-3H3,(H,14,16). The molecule has 0 spiro atoms. The average molecular weight is 290 g/mol. The second-order valence-electron chi connectivity index (χ2n) is 3.59. The van der Waals surface area contributed by atoms with E-state index in [9.17, 15) is 4.79 Å². The predicted octanol–water partition coefficient (Wildman–Crippen LogP) is 2.01. The SMILES string of the molecule is CCC(COC)NC(=O)c1nc(SC)ncc1Cl. The van der Waals surface area contributed by atoms with Crippen LogP contribution in [0.1, 0.15) is 23.8 Å². The highest BCUT2D eigenvalue weighted by atomic mass is 35.5. The number of ether oxygens (including phenoxy) is 1. The van der Waals surface area contributed by atoms with Crippen LogP contribution < -0.4 is 5.32 Å². The van der Waals surface area contributed by atoms with Gasteiger partial charge in [0.25, 0.3) is 5.91 Å². The lowest BCUT2D eigenvalue weighted by atomic mass is 10.2. The molecule has 0 fully saturated rings. The van der Waals surface area contributed by atoms with Crippen LogP contribution in [-0.4, -0.2) is 41.9 Å². The van der Waals surface area contributed by atoms with E-state index in [2.05, 4.69) is 15.3 Å². The van der Waals surface area contributed by atoms with E-state index in [1.807, 2.05) is 13.2 Å². The minimum Gasteiger partial charge on any atom is -0.383 e. The molecule has 100 valence electrons. The van der Waals surface area contributed by atoms with E-state index < -0.39 is 0 Å². The van der Waals surface area contributed by atoms with Gasteiger partial charge in [-0.15, -0.1) is 0 Å². The van der Waals surface area contributed by atoms with E-state index in [1.165, 1.54) is 18.0 Å². The van der Waals surface area contributed by atoms with E-state index in [4.69, 9.17) is 16.3 Å². The summed E-state index contributed by atoms with van der Waals surface area (Å²) in [6, 6.07) is -0.0498. The first-order valence-corrected chi connectivity index (χ1v) is 7.09. The summed E-state index contributed by atoms with van der Waals surface area (Å²) in [5, 5.41) is 3.59. The maximum absolute atomic E-state index is 12.0. The summed E-state index contributed by atoms with van der Waals surface area (Å²) in [5.41, 5.74) is 0.200. The van der Waals surface area contributed by atoms with E-state index in [0.717, 1.165) is 6.42 Å². The number of thioether (sulfide) groups is 1. The quantitative estimate of drug-likeness (QED) is 0.641. The molecule has 1 heterocycles. The topological polar surface area (TPSA) is 64.1 Å². The van der Waals surface area contributed by atoms with Crippen molar-refractivity contribution >= 4 is 29.3 Å². The first kappa shape index (κ1) is 15.2. The van der Waals surface area contributed by atoms with Gasteiger partial charge >= 0.3 is 0 Å². The molecular formula is C11H16ClN3O2S. The highest BCUT2D eigenvalue weighted by Crippen LogP contribution is 2.16. The normalized spacial score (nSPS) is 12.2. The molecule has 1 aromatic heterocycles. The highest BCUT2D eigenvalue weighted by molar-refractivity contribution is 7.98. The first-order valence-electron chi connectivity index (χ1n) is 5.48. The van der Waals surface area contributed by atoms with Crippen molar-refractivity contribution in [2.75, 3.05) is 20.0 Å². The Morgan fingerprint density at radius 3 is 2.94 bits per heavy atom. The molecule has 18 heavy (non-hydrogen) atoms. The van der Waals surface area contributed by atoms with Crippen LogP contribution in [0.3, 0.4) is 0 Å². The minimum absolute atomic E-state index is 0.0498. The zero-order valence-corrected chi connectivity index (χ0v) is 12.1. The van der Waals surface area contributed by atoms with Crippen molar-refractivity contribution in [2.45, 2.75) is 24.5 Å². The number of aromatic nitrogens is 2. The van der Waals surface area contributed by atoms with Crippen molar-refractivity contribution < 1.29 is 9.53 Å². The summed E-state index contributed by atoms with van der Waals surface area (Å²) < 4.78 is 5.02. The highest BCUT2D eigenvalue weighted by Gasteiger charge is 2.17. The van der Waals surface area contributed by atoms with Crippen molar-refractivity contribution in [2.24, 2.45) is 0 Å². The fraction of sp³-hybridized carbons (Fsp3) is 0.545. The smallest absolute Gasteiger partial charge is 0.271 e. The van der Waals surface area contributed by atoms with Gasteiger partial charge in [-0.1, -0.05) is 30.3 Å². The number of methoxy groups -OCH3 is 1. The second-order valence-corrected chi connectivity index (χ2v) is 4.77. The zero-order valence-electron chi connectivity index (χ0n) is 10.6. The molecule has 5 nitrogen and oxygen atoms in total. The fourth-order valence-corrected chi connectivity index (χ4v) is 1.84. The number of amides is 1. The average Bonchev–Trinajstić information content (AvgIpc) is 2.38. The molecule has 1 N–H and O–H groups in total. The van der Waals surface area contributed by atoms with Crippen LogP contribution in [0.15, 0.2) is 11.4 Å². The van der Waals surface area contributed by atoms with Crippen molar-refractivity contribution in [3.8, 4) is 0 Å². The third kappa shape index (κ3) is 4.12. The molecule has 0 bridgehead atoms. The number of carbonyl (C=O) groups excluding carboxylic acids is 1. The van der Waals surface area contributed by atoms with Crippen LogP contribution in [-0.2, 0) is 4.74 Å². The molecule has 0 aromatic carbocycles. The molecule has 1 amide bonds. The molecule has 0 aliphatic heterocycles. The van der Waals surface area contributed by atoms with E-state index >= 15 is 0 Å². The molecule has 1 aromatic rings. The molecule has 0 aliphatic rings. The Bertz CT molecular complexity index is 417. The van der Waals surface area contributed by atoms with Gasteiger partial charge in [-0.3, -0.25) is 4.79 Å². The number of hydrogen-bond donors (Lipinski definition) is 1. The molecule has 0 saturated carbocycles. The van der Waals surface area contributed by atoms with Gasteiger partial charge in [-0.25, -0.2) is 9.97 Å². The van der Waals surface area contributed by atoms with Crippen LogP contribution in [0.4, 0.5) is 0 Å². The van der Waals surface area contributed by atoms with Gasteiger partial charge < -0.3 is 10.1 Å². The Kier molecular flexibility index (Phi) is 6.38. The Balaban J connectivity index is 2.82. The third-order valence-corrected chi connectivity index (χ3v) is 3.15. The zero-order chi connectivity index (χ0) is 13.5. The number of carbonyl (C=O) groups is 1. The molecule has 0 saturated heterocycles. The molecule has 0 radical (unpaired) electrons. The van der Waals surface area contributed by atoms with Crippen molar-refractivity contribution in [3.63, 3.8) is 0 Å². The number of rotatable bonds is 6. The van der Waals surface area contributed by atoms with Crippen molar-refractivity contribution in [1.29, 1.82) is 0 Å². The van der Waals surface area contributed by atoms with Gasteiger partial charge in [0, 0.05) is 7.11 Å². The lowest BCUT2D eigenvalue weighted by Gasteiger charge is -2.15. The summed E-state index contributed by atoms with van der Waals surface area (Å²) in [7, 11) is 1.60. The Morgan fingerprint density at radius 2 is 2.39 bits per heavy atom. The van der Waals surface area contributed by atoms with Gasteiger partial charge in [0.1, 0.15) is 0 Å². The summed E-state index contributed by atoms with van der Waals surface area (Å²) in [6.45, 7) is 2.43. The number of nitrogens with zero attached hydrogens (tertiary/aromatic N) is 2. The van der Waals surface area contributed by atoms with Crippen LogP contribution in [0.2, 0.25) is 5.02 Å². The first-order chi connectivity index (χ1) is 8.62. The summed E-state index contributed by atoms with van der Waals surface area (Å²) in [4.78, 5) is 20.1. The second kappa shape index (κ2) is 7.56. The van der Waals surface area contributed by atoms with E-state index in [-0.39, 0.29) is 22.7 Å². The van der Waals surface area contributed by atoms with Gasteiger partial charge in [-0.2, -0.15) is 0 Å². The number of halogens is 1. The molecular weight excluding hydrogens is 274 g/mol. The summed E-state index contributed by atoms with van der Waals surface area (Å²) >= 11 is 7.28. The summed E-state index contributed by atoms with van der Waals surface area (Å²) in [5.74, 6) is -0.304. The molecule has 1 atom stereocenters. The van der Waals surface area contributed by atoms with Crippen molar-refractivity contribution in [3.05, 3.63) is 16.9 Å². The maximum atomic E-state index is 12.0. The third-order valence-electron chi connectivity index (χ3n) is 2.32. The van der Waals surface area contributed by atoms with Gasteiger partial charge in [0.15, 0.2) is 10.9 Å². The van der Waals surface area contributed by atoms with Crippen molar-refractivity contribution in [1.82, 2.24) is 15.3 Å². The predicted molar refractivity (Wildman–Crippen MR) is 72.2 cm³/mol. The van der Waals surface area contributed by atoms with Crippen LogP contribution in [0, 0.1) is 0 Å². The minimum atomic E-state index is -0.304. The number of hydrogen-bond acceptors (Lipinski definition) is 5. The van der Waals surface area contributed by atoms with E-state index in [1.54, 1.807) is 7.11 Å². The Labute approximate surface area is 116 Å². The van der Waals surface area contributed by atoms with Gasteiger partial charge in [-0.05, 0) is 12.7 Å².